The molecule has 0 N–H and O–H groups in total. The summed E-state index contributed by atoms with van der Waals surface area (Å²) in [5.41, 5.74) is 3.37. The molecule has 0 saturated carbocycles. The van der Waals surface area contributed by atoms with Crippen molar-refractivity contribution < 1.29 is 0 Å². The van der Waals surface area contributed by atoms with E-state index in [4.69, 9.17) is 0 Å². The van der Waals surface area contributed by atoms with E-state index in [-0.39, 0.29) is 0 Å². The summed E-state index contributed by atoms with van der Waals surface area (Å²) in [6.45, 7) is 11.4. The summed E-state index contributed by atoms with van der Waals surface area (Å²) < 4.78 is 3.03. The first-order chi connectivity index (χ1) is 6.24. The molecule has 2 heteroatoms. The van der Waals surface area contributed by atoms with Crippen molar-refractivity contribution in [3.8, 4) is 10.1 Å². The van der Waals surface area contributed by atoms with Crippen LogP contribution < -0.4 is 0 Å². The van der Waals surface area contributed by atoms with Gasteiger partial charge in [-0.15, -0.1) is 0 Å². The van der Waals surface area contributed by atoms with Crippen molar-refractivity contribution in [2.75, 3.05) is 0 Å². The van der Waals surface area contributed by atoms with Crippen LogP contribution in [0.3, 0.4) is 0 Å². The molecule has 0 bridgehead atoms. The van der Waals surface area contributed by atoms with Crippen molar-refractivity contribution in [2.45, 2.75) is 18.1 Å². The second kappa shape index (κ2) is 7.04. The van der Waals surface area contributed by atoms with E-state index in [2.05, 4.69) is 29.9 Å². The van der Waals surface area contributed by atoms with E-state index in [0.29, 0.717) is 0 Å². The van der Waals surface area contributed by atoms with Crippen LogP contribution in [-0.4, -0.2) is 25.8 Å². The van der Waals surface area contributed by atoms with Crippen LogP contribution in [0.15, 0.2) is 38.0 Å². The molecule has 0 atom stereocenters. The minimum absolute atomic E-state index is 1.03. The predicted octanol–water partition coefficient (Wildman–Crippen LogP) is 2.66. The van der Waals surface area contributed by atoms with Gasteiger partial charge < -0.3 is 0 Å². The Morgan fingerprint density at radius 3 is 1.62 bits per heavy atom. The Morgan fingerprint density at radius 1 is 1.00 bits per heavy atom. The second-order valence-electron chi connectivity index (χ2n) is 3.13. The van der Waals surface area contributed by atoms with E-state index in [9.17, 15) is 0 Å². The van der Waals surface area contributed by atoms with E-state index in [1.165, 1.54) is 0 Å². The summed E-state index contributed by atoms with van der Waals surface area (Å²) in [4.78, 5) is 0. The topological polar surface area (TPSA) is 0 Å². The van der Waals surface area contributed by atoms with Crippen LogP contribution in [0.2, 0.25) is 18.1 Å². The van der Waals surface area contributed by atoms with Crippen LogP contribution in [-0.2, 0) is 0 Å². The van der Waals surface area contributed by atoms with Gasteiger partial charge >= 0.3 is 92.0 Å². The van der Waals surface area contributed by atoms with Crippen LogP contribution >= 0.6 is 0 Å². The normalized spacial score (nSPS) is 9.69. The van der Waals surface area contributed by atoms with Crippen molar-refractivity contribution in [3.63, 3.8) is 0 Å². The van der Waals surface area contributed by atoms with Crippen molar-refractivity contribution in [2.24, 2.45) is 0 Å². The quantitative estimate of drug-likeness (QED) is 0.336. The molecule has 0 aromatic carbocycles. The number of hydrogen-bond acceptors (Lipinski definition) is 0. The van der Waals surface area contributed by atoms with Crippen LogP contribution in [0.25, 0.3) is 0 Å². The van der Waals surface area contributed by atoms with E-state index in [1.54, 1.807) is 0 Å². The fraction of sp³-hybridized carbons (Fsp3) is 0.273. The van der Waals surface area contributed by atoms with Gasteiger partial charge in [-0.1, -0.05) is 0 Å². The van der Waals surface area contributed by atoms with E-state index in [1.807, 2.05) is 35.9 Å². The van der Waals surface area contributed by atoms with Gasteiger partial charge in [0.2, 0.25) is 0 Å². The number of hydrogen-bond donors (Lipinski definition) is 0. The second-order valence-corrected chi connectivity index (χ2v) is 7.17. The summed E-state index contributed by atoms with van der Waals surface area (Å²) in [6.07, 6.45) is 5.93. The Morgan fingerprint density at radius 2 is 1.38 bits per heavy atom. The molecule has 0 amide bonds. The van der Waals surface area contributed by atoms with Crippen molar-refractivity contribution in [3.05, 3.63) is 38.0 Å². The summed E-state index contributed by atoms with van der Waals surface area (Å²) in [6, 6.07) is 3.10. The Hall–Kier alpha value is -0.406. The third-order valence-electron chi connectivity index (χ3n) is 2.00. The van der Waals surface area contributed by atoms with Gasteiger partial charge in [-0.2, -0.15) is 0 Å². The molecule has 0 aromatic heterocycles. The van der Waals surface area contributed by atoms with E-state index in [0.717, 1.165) is 18.1 Å². The maximum atomic E-state index is 3.79. The van der Waals surface area contributed by atoms with Crippen LogP contribution in [0.5, 0.6) is 0 Å². The third-order valence-corrected chi connectivity index (χ3v) is 5.99. The molecule has 0 rings (SSSR count). The number of allylic oxidation sites excluding steroid dienone is 3. The van der Waals surface area contributed by atoms with E-state index >= 15 is 0 Å². The van der Waals surface area contributed by atoms with Crippen LogP contribution in [0.1, 0.15) is 0 Å². The van der Waals surface area contributed by atoms with Gasteiger partial charge in [0, 0.05) is 0 Å². The molecule has 0 nitrogen and oxygen atoms in total. The molecule has 0 unspecified atom stereocenters. The summed E-state index contributed by atoms with van der Waals surface area (Å²) in [5, 5.41) is 0. The zero-order chi connectivity index (χ0) is 10.2. The Bertz CT molecular complexity index is 218. The van der Waals surface area contributed by atoms with Gasteiger partial charge in [0.05, 0.1) is 0 Å². The van der Waals surface area contributed by atoms with Gasteiger partial charge in [0.15, 0.2) is 0 Å². The van der Waals surface area contributed by atoms with Gasteiger partial charge in [0.25, 0.3) is 0 Å². The fourth-order valence-electron chi connectivity index (χ4n) is 1.50. The molecule has 13 heavy (non-hydrogen) atoms. The SMILES string of the molecule is [Li][C]#C[Si](CC=C)(CC=C)CC=C. The molecule has 0 heterocycles. The van der Waals surface area contributed by atoms with Crippen LogP contribution in [0.4, 0.5) is 0 Å². The first-order valence-electron chi connectivity index (χ1n) is 4.51. The average Bonchev–Trinajstić information content (AvgIpc) is 2.06. The standard InChI is InChI=1S/C11H15Si.Li/c1-5-9-12(8-4,10-6-2)11-7-3;/h5-7H,1-3,9-11H2;. The molecule has 0 aliphatic heterocycles. The molecule has 0 spiro atoms. The molecule has 64 valence electrons. The Kier molecular flexibility index (Phi) is 6.82. The molecule has 0 aromatic rings. The summed E-state index contributed by atoms with van der Waals surface area (Å²) in [5.74, 6) is 0. The zero-order valence-electron chi connectivity index (χ0n) is 8.47. The first-order valence-corrected chi connectivity index (χ1v) is 7.13. The Labute approximate surface area is 92.0 Å². The van der Waals surface area contributed by atoms with Crippen molar-refractivity contribution >= 4 is 25.8 Å². The molecule has 0 saturated heterocycles. The molecular weight excluding hydrogens is 167 g/mol. The number of rotatable bonds is 6. The van der Waals surface area contributed by atoms with Crippen molar-refractivity contribution in [1.82, 2.24) is 0 Å². The van der Waals surface area contributed by atoms with Crippen LogP contribution in [0, 0.1) is 10.1 Å². The van der Waals surface area contributed by atoms with Crippen molar-refractivity contribution in [1.29, 1.82) is 0 Å². The maximum absolute atomic E-state index is 3.79. The Balaban J connectivity index is 4.72. The first kappa shape index (κ1) is 12.6. The minimum atomic E-state index is -1.51. The molecule has 0 aliphatic carbocycles. The van der Waals surface area contributed by atoms with Gasteiger partial charge in [-0.3, -0.25) is 0 Å². The summed E-state index contributed by atoms with van der Waals surface area (Å²) in [7, 11) is -1.51. The monoisotopic (exact) mass is 182 g/mol. The molecular formula is C11H15LiSi. The zero-order valence-corrected chi connectivity index (χ0v) is 9.47. The molecule has 0 aliphatic rings. The third kappa shape index (κ3) is 4.39. The fourth-order valence-corrected chi connectivity index (χ4v) is 4.49. The molecule has 0 radical (unpaired) electrons. The van der Waals surface area contributed by atoms with Gasteiger partial charge in [-0.25, -0.2) is 0 Å². The average molecular weight is 182 g/mol. The van der Waals surface area contributed by atoms with Gasteiger partial charge in [0.1, 0.15) is 0 Å². The van der Waals surface area contributed by atoms with E-state index < -0.39 is 8.07 Å². The summed E-state index contributed by atoms with van der Waals surface area (Å²) >= 11 is 1.90. The predicted molar refractivity (Wildman–Crippen MR) is 64.3 cm³/mol. The van der Waals surface area contributed by atoms with Gasteiger partial charge in [-0.05, 0) is 0 Å². The molecule has 0 fully saturated rings.